The van der Waals surface area contributed by atoms with E-state index in [0.29, 0.717) is 10.7 Å². The van der Waals surface area contributed by atoms with Crippen molar-refractivity contribution in [2.75, 3.05) is 6.26 Å². The van der Waals surface area contributed by atoms with Crippen LogP contribution in [0.2, 0.25) is 5.02 Å². The molecule has 0 radical (unpaired) electrons. The minimum Gasteiger partial charge on any atom is -0.279 e. The Balaban J connectivity index is 2.49. The summed E-state index contributed by atoms with van der Waals surface area (Å²) in [7, 11) is -3.12. The topological polar surface area (TPSA) is 80.1 Å². The number of sulfone groups is 1. The van der Waals surface area contributed by atoms with E-state index < -0.39 is 9.84 Å². The van der Waals surface area contributed by atoms with Crippen molar-refractivity contribution >= 4 is 27.1 Å². The zero-order valence-electron chi connectivity index (χ0n) is 8.15. The lowest BCUT2D eigenvalue weighted by molar-refractivity contribution is 0.599. The fraction of sp³-hybridized carbons (Fsp3) is 0.429. The van der Waals surface area contributed by atoms with Gasteiger partial charge < -0.3 is 0 Å². The number of aromatic nitrogens is 4. The SMILES string of the molecule is Cc1[nH]n2nc(CS(C)(=O)=O)nc2c1Cl. The van der Waals surface area contributed by atoms with E-state index in [1.54, 1.807) is 6.92 Å². The van der Waals surface area contributed by atoms with Crippen LogP contribution in [0.1, 0.15) is 11.5 Å². The van der Waals surface area contributed by atoms with E-state index in [-0.39, 0.29) is 11.6 Å². The van der Waals surface area contributed by atoms with Crippen molar-refractivity contribution in [3.8, 4) is 0 Å². The average Bonchev–Trinajstić information content (AvgIpc) is 2.52. The van der Waals surface area contributed by atoms with Crippen molar-refractivity contribution in [2.45, 2.75) is 12.7 Å². The van der Waals surface area contributed by atoms with Crippen LogP contribution in [-0.2, 0) is 15.6 Å². The molecule has 6 nitrogen and oxygen atoms in total. The summed E-state index contributed by atoms with van der Waals surface area (Å²) in [6.45, 7) is 1.79. The number of rotatable bonds is 2. The summed E-state index contributed by atoms with van der Waals surface area (Å²) in [6, 6.07) is 0. The highest BCUT2D eigenvalue weighted by atomic mass is 35.5. The molecule has 2 aromatic heterocycles. The second-order valence-electron chi connectivity index (χ2n) is 3.38. The van der Waals surface area contributed by atoms with Gasteiger partial charge in [-0.1, -0.05) is 11.6 Å². The molecule has 0 saturated heterocycles. The molecule has 0 fully saturated rings. The van der Waals surface area contributed by atoms with Crippen LogP contribution in [0.3, 0.4) is 0 Å². The Kier molecular flexibility index (Phi) is 2.23. The molecule has 0 unspecified atom stereocenters. The predicted molar refractivity (Wildman–Crippen MR) is 55.6 cm³/mol. The number of halogens is 1. The smallest absolute Gasteiger partial charge is 0.194 e. The van der Waals surface area contributed by atoms with Gasteiger partial charge in [0.2, 0.25) is 0 Å². The van der Waals surface area contributed by atoms with Crippen molar-refractivity contribution in [2.24, 2.45) is 0 Å². The molecule has 2 rings (SSSR count). The molecule has 0 bridgehead atoms. The van der Waals surface area contributed by atoms with E-state index in [9.17, 15) is 8.42 Å². The Morgan fingerprint density at radius 1 is 1.53 bits per heavy atom. The summed E-state index contributed by atoms with van der Waals surface area (Å²) in [5, 5.41) is 7.28. The van der Waals surface area contributed by atoms with Crippen LogP contribution < -0.4 is 0 Å². The van der Waals surface area contributed by atoms with Gasteiger partial charge in [0.1, 0.15) is 10.8 Å². The summed E-state index contributed by atoms with van der Waals surface area (Å²) in [5.74, 6) is 0.0587. The number of H-pyrrole nitrogens is 1. The molecular formula is C7H9ClN4O2S. The van der Waals surface area contributed by atoms with Gasteiger partial charge >= 0.3 is 0 Å². The van der Waals surface area contributed by atoms with Gasteiger partial charge in [0.15, 0.2) is 21.3 Å². The molecule has 0 amide bonds. The summed E-state index contributed by atoms with van der Waals surface area (Å²) in [6.07, 6.45) is 1.13. The molecule has 0 spiro atoms. The average molecular weight is 249 g/mol. The molecule has 8 heteroatoms. The molecule has 0 aliphatic carbocycles. The van der Waals surface area contributed by atoms with Crippen molar-refractivity contribution in [1.82, 2.24) is 19.8 Å². The van der Waals surface area contributed by atoms with Gasteiger partial charge in [-0.05, 0) is 6.92 Å². The summed E-state index contributed by atoms with van der Waals surface area (Å²) in [5.41, 5.74) is 1.20. The quantitative estimate of drug-likeness (QED) is 0.842. The fourth-order valence-corrected chi connectivity index (χ4v) is 2.00. The van der Waals surface area contributed by atoms with Gasteiger partial charge in [-0.3, -0.25) is 5.10 Å². The molecule has 15 heavy (non-hydrogen) atoms. The highest BCUT2D eigenvalue weighted by molar-refractivity contribution is 7.89. The first kappa shape index (κ1) is 10.4. The van der Waals surface area contributed by atoms with Crippen molar-refractivity contribution in [3.05, 3.63) is 16.5 Å². The first-order valence-electron chi connectivity index (χ1n) is 4.14. The third-order valence-corrected chi connectivity index (χ3v) is 3.08. The second kappa shape index (κ2) is 3.21. The number of hydrogen-bond donors (Lipinski definition) is 1. The molecule has 1 N–H and O–H groups in total. The number of aryl methyl sites for hydroxylation is 1. The molecule has 0 saturated carbocycles. The lowest BCUT2D eigenvalue weighted by Crippen LogP contribution is -2.03. The second-order valence-corrected chi connectivity index (χ2v) is 5.90. The molecular weight excluding hydrogens is 240 g/mol. The van der Waals surface area contributed by atoms with E-state index in [4.69, 9.17) is 11.6 Å². The van der Waals surface area contributed by atoms with E-state index in [1.165, 1.54) is 4.63 Å². The molecule has 2 heterocycles. The van der Waals surface area contributed by atoms with Crippen LogP contribution in [-0.4, -0.2) is 34.5 Å². The largest absolute Gasteiger partial charge is 0.279 e. The van der Waals surface area contributed by atoms with Gasteiger partial charge in [-0.15, -0.1) is 5.10 Å². The minimum absolute atomic E-state index is 0.183. The predicted octanol–water partition coefficient (Wildman–Crippen LogP) is 0.564. The lowest BCUT2D eigenvalue weighted by atomic mass is 10.5. The van der Waals surface area contributed by atoms with Gasteiger partial charge in [-0.25, -0.2) is 13.4 Å². The van der Waals surface area contributed by atoms with Gasteiger partial charge in [0, 0.05) is 6.26 Å². The molecule has 2 aromatic rings. The zero-order chi connectivity index (χ0) is 11.2. The van der Waals surface area contributed by atoms with E-state index in [1.807, 2.05) is 0 Å². The number of nitrogens with one attached hydrogen (secondary N) is 1. The normalized spacial score (nSPS) is 12.5. The lowest BCUT2D eigenvalue weighted by Gasteiger charge is -1.90. The highest BCUT2D eigenvalue weighted by Gasteiger charge is 2.14. The van der Waals surface area contributed by atoms with E-state index in [0.717, 1.165) is 11.9 Å². The third-order valence-electron chi connectivity index (χ3n) is 1.84. The standard InChI is InChI=1S/C7H9ClN4O2S/c1-4-6(8)7-9-5(3-15(2,13)14)11-12(7)10-4/h10H,3H2,1-2H3. The molecule has 0 aliphatic heterocycles. The Bertz CT molecular complexity index is 612. The summed E-state index contributed by atoms with van der Waals surface area (Å²) < 4.78 is 23.4. The maximum Gasteiger partial charge on any atom is 0.194 e. The number of aromatic amines is 1. The Labute approximate surface area is 91.2 Å². The first-order chi connectivity index (χ1) is 6.87. The Hall–Kier alpha value is -1.08. The number of nitrogens with zero attached hydrogens (tertiary/aromatic N) is 3. The maximum atomic E-state index is 11.0. The third kappa shape index (κ3) is 1.98. The van der Waals surface area contributed by atoms with Gasteiger partial charge in [-0.2, -0.15) is 4.63 Å². The molecule has 82 valence electrons. The Morgan fingerprint density at radius 3 is 2.73 bits per heavy atom. The van der Waals surface area contributed by atoms with Crippen molar-refractivity contribution in [3.63, 3.8) is 0 Å². The van der Waals surface area contributed by atoms with Crippen LogP contribution in [0.5, 0.6) is 0 Å². The molecule has 0 aliphatic rings. The maximum absolute atomic E-state index is 11.0. The van der Waals surface area contributed by atoms with Crippen LogP contribution in [0.15, 0.2) is 0 Å². The van der Waals surface area contributed by atoms with Crippen LogP contribution >= 0.6 is 11.6 Å². The first-order valence-corrected chi connectivity index (χ1v) is 6.58. The number of hydrogen-bond acceptors (Lipinski definition) is 4. The highest BCUT2D eigenvalue weighted by Crippen LogP contribution is 2.19. The number of fused-ring (bicyclic) bond motifs is 1. The summed E-state index contributed by atoms with van der Waals surface area (Å²) >= 11 is 5.92. The van der Waals surface area contributed by atoms with Crippen LogP contribution in [0.25, 0.3) is 5.65 Å². The molecule has 0 atom stereocenters. The van der Waals surface area contributed by atoms with Gasteiger partial charge in [0.05, 0.1) is 5.69 Å². The van der Waals surface area contributed by atoms with Crippen molar-refractivity contribution < 1.29 is 8.42 Å². The Morgan fingerprint density at radius 2 is 2.20 bits per heavy atom. The zero-order valence-corrected chi connectivity index (χ0v) is 9.72. The summed E-state index contributed by atoms with van der Waals surface area (Å²) in [4.78, 5) is 4.03. The molecule has 0 aromatic carbocycles. The van der Waals surface area contributed by atoms with E-state index in [2.05, 4.69) is 15.2 Å². The van der Waals surface area contributed by atoms with Crippen LogP contribution in [0.4, 0.5) is 0 Å². The van der Waals surface area contributed by atoms with E-state index >= 15 is 0 Å². The fourth-order valence-electron chi connectivity index (χ4n) is 1.25. The van der Waals surface area contributed by atoms with Crippen LogP contribution in [0, 0.1) is 6.92 Å². The van der Waals surface area contributed by atoms with Crippen molar-refractivity contribution in [1.29, 1.82) is 0 Å². The van der Waals surface area contributed by atoms with Gasteiger partial charge in [0.25, 0.3) is 0 Å². The minimum atomic E-state index is -3.12. The monoisotopic (exact) mass is 248 g/mol.